The van der Waals surface area contributed by atoms with Gasteiger partial charge in [-0.1, -0.05) is 25.3 Å². The summed E-state index contributed by atoms with van der Waals surface area (Å²) in [6, 6.07) is 3.84. The van der Waals surface area contributed by atoms with Crippen LogP contribution in [0.4, 0.5) is 0 Å². The Morgan fingerprint density at radius 2 is 2.16 bits per heavy atom. The second-order valence-electron chi connectivity index (χ2n) is 5.58. The summed E-state index contributed by atoms with van der Waals surface area (Å²) in [4.78, 5) is 16.1. The lowest BCUT2D eigenvalue weighted by atomic mass is 9.71. The third-order valence-electron chi connectivity index (χ3n) is 4.10. The molecule has 1 saturated carbocycles. The van der Waals surface area contributed by atoms with Crippen molar-refractivity contribution >= 4 is 5.91 Å². The summed E-state index contributed by atoms with van der Waals surface area (Å²) in [5, 5.41) is 2.97. The molecule has 104 valence electrons. The van der Waals surface area contributed by atoms with E-state index in [4.69, 9.17) is 5.73 Å². The van der Waals surface area contributed by atoms with Crippen molar-refractivity contribution in [2.24, 2.45) is 11.1 Å². The molecule has 4 nitrogen and oxygen atoms in total. The standard InChI is InChI=1S/C15H23N3O/c16-12-15(6-2-1-3-7-15)9-14(19)18-11-13-5-4-8-17-10-13/h4-5,8,10H,1-3,6-7,9,11-12,16H2,(H,18,19). The first-order chi connectivity index (χ1) is 9.24. The van der Waals surface area contributed by atoms with E-state index in [9.17, 15) is 4.79 Å². The maximum atomic E-state index is 12.1. The molecule has 0 spiro atoms. The summed E-state index contributed by atoms with van der Waals surface area (Å²) in [6.45, 7) is 1.17. The van der Waals surface area contributed by atoms with E-state index >= 15 is 0 Å². The van der Waals surface area contributed by atoms with E-state index in [-0.39, 0.29) is 11.3 Å². The third-order valence-corrected chi connectivity index (χ3v) is 4.10. The zero-order valence-corrected chi connectivity index (χ0v) is 11.4. The van der Waals surface area contributed by atoms with Gasteiger partial charge in [-0.3, -0.25) is 9.78 Å². The first kappa shape index (κ1) is 14.0. The van der Waals surface area contributed by atoms with Gasteiger partial charge in [0.25, 0.3) is 0 Å². The predicted molar refractivity (Wildman–Crippen MR) is 75.3 cm³/mol. The number of carbonyl (C=O) groups is 1. The van der Waals surface area contributed by atoms with Crippen LogP contribution in [-0.2, 0) is 11.3 Å². The zero-order chi connectivity index (χ0) is 13.6. The van der Waals surface area contributed by atoms with E-state index in [0.29, 0.717) is 19.5 Å². The molecule has 19 heavy (non-hydrogen) atoms. The molecule has 1 fully saturated rings. The zero-order valence-electron chi connectivity index (χ0n) is 11.4. The van der Waals surface area contributed by atoms with E-state index in [1.165, 1.54) is 19.3 Å². The number of rotatable bonds is 5. The molecule has 2 rings (SSSR count). The van der Waals surface area contributed by atoms with Gasteiger partial charge in [0.1, 0.15) is 0 Å². The quantitative estimate of drug-likeness (QED) is 0.851. The highest BCUT2D eigenvalue weighted by atomic mass is 16.1. The van der Waals surface area contributed by atoms with Crippen LogP contribution in [0.1, 0.15) is 44.1 Å². The highest BCUT2D eigenvalue weighted by Crippen LogP contribution is 2.38. The number of pyridine rings is 1. The molecule has 0 aromatic carbocycles. The molecule has 0 saturated heterocycles. The van der Waals surface area contributed by atoms with Crippen LogP contribution in [-0.4, -0.2) is 17.4 Å². The van der Waals surface area contributed by atoms with Gasteiger partial charge in [-0.05, 0) is 36.4 Å². The Bertz CT molecular complexity index is 399. The van der Waals surface area contributed by atoms with Crippen molar-refractivity contribution in [3.63, 3.8) is 0 Å². The Morgan fingerprint density at radius 1 is 1.37 bits per heavy atom. The van der Waals surface area contributed by atoms with Gasteiger partial charge in [-0.2, -0.15) is 0 Å². The van der Waals surface area contributed by atoms with Crippen molar-refractivity contribution in [2.45, 2.75) is 45.1 Å². The molecule has 1 aliphatic carbocycles. The lowest BCUT2D eigenvalue weighted by molar-refractivity contribution is -0.124. The SMILES string of the molecule is NCC1(CC(=O)NCc2cccnc2)CCCCC1. The Kier molecular flexibility index (Phi) is 4.91. The van der Waals surface area contributed by atoms with Crippen LogP contribution in [0.3, 0.4) is 0 Å². The second-order valence-corrected chi connectivity index (χ2v) is 5.58. The molecule has 1 amide bonds. The molecule has 0 bridgehead atoms. The lowest BCUT2D eigenvalue weighted by Crippen LogP contribution is -2.38. The largest absolute Gasteiger partial charge is 0.352 e. The fourth-order valence-corrected chi connectivity index (χ4v) is 2.86. The van der Waals surface area contributed by atoms with Gasteiger partial charge >= 0.3 is 0 Å². The van der Waals surface area contributed by atoms with Gasteiger partial charge < -0.3 is 11.1 Å². The smallest absolute Gasteiger partial charge is 0.220 e. The van der Waals surface area contributed by atoms with E-state index in [0.717, 1.165) is 18.4 Å². The Morgan fingerprint density at radius 3 is 2.79 bits per heavy atom. The maximum absolute atomic E-state index is 12.1. The van der Waals surface area contributed by atoms with Gasteiger partial charge in [-0.15, -0.1) is 0 Å². The number of nitrogens with two attached hydrogens (primary N) is 1. The first-order valence-electron chi connectivity index (χ1n) is 7.10. The normalized spacial score (nSPS) is 17.9. The van der Waals surface area contributed by atoms with E-state index in [1.807, 2.05) is 12.1 Å². The molecule has 1 aromatic rings. The van der Waals surface area contributed by atoms with Gasteiger partial charge in [0.05, 0.1) is 0 Å². The summed E-state index contributed by atoms with van der Waals surface area (Å²) in [7, 11) is 0. The van der Waals surface area contributed by atoms with Crippen molar-refractivity contribution in [2.75, 3.05) is 6.54 Å². The third kappa shape index (κ3) is 4.03. The van der Waals surface area contributed by atoms with Crippen LogP contribution in [0.5, 0.6) is 0 Å². The number of aromatic nitrogens is 1. The van der Waals surface area contributed by atoms with E-state index < -0.39 is 0 Å². The fraction of sp³-hybridized carbons (Fsp3) is 0.600. The molecule has 3 N–H and O–H groups in total. The average Bonchev–Trinajstić information content (AvgIpc) is 2.47. The number of hydrogen-bond donors (Lipinski definition) is 2. The minimum absolute atomic E-state index is 0.0390. The molecular weight excluding hydrogens is 238 g/mol. The Labute approximate surface area is 114 Å². The van der Waals surface area contributed by atoms with E-state index in [1.54, 1.807) is 12.4 Å². The first-order valence-corrected chi connectivity index (χ1v) is 7.10. The number of hydrogen-bond acceptors (Lipinski definition) is 3. The van der Waals surface area contributed by atoms with Gasteiger partial charge in [0, 0.05) is 25.4 Å². The molecule has 0 radical (unpaired) electrons. The van der Waals surface area contributed by atoms with Crippen LogP contribution in [0.25, 0.3) is 0 Å². The molecule has 1 aromatic heterocycles. The van der Waals surface area contributed by atoms with Crippen LogP contribution in [0, 0.1) is 5.41 Å². The van der Waals surface area contributed by atoms with Crippen molar-refractivity contribution in [1.82, 2.24) is 10.3 Å². The number of amides is 1. The number of nitrogens with one attached hydrogen (secondary N) is 1. The predicted octanol–water partition coefficient (Wildman–Crippen LogP) is 2.00. The molecule has 0 aliphatic heterocycles. The topological polar surface area (TPSA) is 68.0 Å². The average molecular weight is 261 g/mol. The van der Waals surface area contributed by atoms with Gasteiger partial charge in [0.2, 0.25) is 5.91 Å². The maximum Gasteiger partial charge on any atom is 0.220 e. The van der Waals surface area contributed by atoms with Crippen molar-refractivity contribution in [3.8, 4) is 0 Å². The van der Waals surface area contributed by atoms with Crippen LogP contribution < -0.4 is 11.1 Å². The minimum atomic E-state index is 0.0390. The van der Waals surface area contributed by atoms with Crippen molar-refractivity contribution in [1.29, 1.82) is 0 Å². The minimum Gasteiger partial charge on any atom is -0.352 e. The molecule has 1 aliphatic rings. The van der Waals surface area contributed by atoms with Crippen LogP contribution >= 0.6 is 0 Å². The van der Waals surface area contributed by atoms with Crippen molar-refractivity contribution in [3.05, 3.63) is 30.1 Å². The fourth-order valence-electron chi connectivity index (χ4n) is 2.86. The van der Waals surface area contributed by atoms with Crippen LogP contribution in [0.2, 0.25) is 0 Å². The lowest BCUT2D eigenvalue weighted by Gasteiger charge is -2.35. The summed E-state index contributed by atoms with van der Waals surface area (Å²) < 4.78 is 0. The molecular formula is C15H23N3O. The summed E-state index contributed by atoms with van der Waals surface area (Å²) >= 11 is 0. The second kappa shape index (κ2) is 6.66. The Hall–Kier alpha value is -1.42. The highest BCUT2D eigenvalue weighted by Gasteiger charge is 2.32. The summed E-state index contributed by atoms with van der Waals surface area (Å²) in [5.41, 5.74) is 6.97. The molecule has 1 heterocycles. The summed E-state index contributed by atoms with van der Waals surface area (Å²) in [6.07, 6.45) is 9.92. The van der Waals surface area contributed by atoms with E-state index in [2.05, 4.69) is 10.3 Å². The summed E-state index contributed by atoms with van der Waals surface area (Å²) in [5.74, 6) is 0.108. The molecule has 4 heteroatoms. The Balaban J connectivity index is 1.83. The van der Waals surface area contributed by atoms with Gasteiger partial charge in [0.15, 0.2) is 0 Å². The molecule has 0 atom stereocenters. The van der Waals surface area contributed by atoms with Gasteiger partial charge in [-0.25, -0.2) is 0 Å². The highest BCUT2D eigenvalue weighted by molar-refractivity contribution is 5.76. The number of carbonyl (C=O) groups excluding carboxylic acids is 1. The number of nitrogens with zero attached hydrogens (tertiary/aromatic N) is 1. The van der Waals surface area contributed by atoms with Crippen molar-refractivity contribution < 1.29 is 4.79 Å². The molecule has 0 unspecified atom stereocenters. The monoisotopic (exact) mass is 261 g/mol. The van der Waals surface area contributed by atoms with Crippen LogP contribution in [0.15, 0.2) is 24.5 Å².